The smallest absolute Gasteiger partial charge is 0.144 e. The number of rotatable bonds is 4. The highest BCUT2D eigenvalue weighted by molar-refractivity contribution is 6.27. The van der Waals surface area contributed by atoms with Gasteiger partial charge < -0.3 is 8.83 Å². The van der Waals surface area contributed by atoms with Crippen LogP contribution in [0.5, 0.6) is 0 Å². The van der Waals surface area contributed by atoms with Crippen LogP contribution in [0, 0.1) is 0 Å². The van der Waals surface area contributed by atoms with Crippen LogP contribution in [0.15, 0.2) is 179 Å². The Morgan fingerprint density at radius 1 is 0.250 bits per heavy atom. The molecule has 10 rings (SSSR count). The predicted molar refractivity (Wildman–Crippen MR) is 200 cm³/mol. The molecule has 2 heteroatoms. The largest absolute Gasteiger partial charge is 0.456 e. The zero-order chi connectivity index (χ0) is 31.6. The number of hydrogen-bond acceptors (Lipinski definition) is 2. The second-order valence-corrected chi connectivity index (χ2v) is 12.4. The molecule has 8 aromatic carbocycles. The average molecular weight is 613 g/mol. The summed E-state index contributed by atoms with van der Waals surface area (Å²) in [7, 11) is 0. The fourth-order valence-electron chi connectivity index (χ4n) is 7.61. The van der Waals surface area contributed by atoms with E-state index in [1.54, 1.807) is 0 Å². The lowest BCUT2D eigenvalue weighted by Crippen LogP contribution is -1.91. The zero-order valence-electron chi connectivity index (χ0n) is 26.0. The second kappa shape index (κ2) is 10.6. The number of fused-ring (bicyclic) bond motifs is 7. The molecule has 224 valence electrons. The predicted octanol–water partition coefficient (Wildman–Crippen LogP) is 13.3. The molecule has 0 N–H and O–H groups in total. The molecule has 2 nitrogen and oxygen atoms in total. The quantitative estimate of drug-likeness (QED) is 0.185. The summed E-state index contributed by atoms with van der Waals surface area (Å²) in [6.07, 6.45) is 0. The van der Waals surface area contributed by atoms with Gasteiger partial charge in [0.15, 0.2) is 0 Å². The van der Waals surface area contributed by atoms with Crippen LogP contribution in [0.3, 0.4) is 0 Å². The Hall–Kier alpha value is -6.38. The van der Waals surface area contributed by atoms with Crippen LogP contribution in [-0.4, -0.2) is 0 Å². The topological polar surface area (TPSA) is 26.3 Å². The summed E-state index contributed by atoms with van der Waals surface area (Å²) in [5.41, 5.74) is 10.7. The first kappa shape index (κ1) is 26.8. The second-order valence-electron chi connectivity index (χ2n) is 12.4. The molecular weight excluding hydrogens is 585 g/mol. The van der Waals surface area contributed by atoms with E-state index >= 15 is 0 Å². The lowest BCUT2D eigenvalue weighted by Gasteiger charge is -2.17. The van der Waals surface area contributed by atoms with Gasteiger partial charge in [0, 0.05) is 27.3 Å². The highest BCUT2D eigenvalue weighted by Gasteiger charge is 2.26. The van der Waals surface area contributed by atoms with Crippen molar-refractivity contribution < 1.29 is 8.83 Å². The Bertz CT molecular complexity index is 2750. The first-order chi connectivity index (χ1) is 23.8. The molecule has 0 amide bonds. The number of para-hydroxylation sites is 1. The standard InChI is InChI=1S/C46H28O2/c1-3-13-29(14-4-1)30-23-25-32(26-24-30)41-33-17-7-9-19-35(33)43(36-20-10-8-18-34(36)41)46-42(31-15-5-2-6-16-31)45-40(48-46)28-27-39-44(45)37-21-11-12-22-38(37)47-39/h1-28H. The highest BCUT2D eigenvalue weighted by atomic mass is 16.3. The molecule has 48 heavy (non-hydrogen) atoms. The van der Waals surface area contributed by atoms with Gasteiger partial charge in [0.1, 0.15) is 22.5 Å². The van der Waals surface area contributed by atoms with Crippen molar-refractivity contribution in [3.63, 3.8) is 0 Å². The molecule has 0 bridgehead atoms. The first-order valence-corrected chi connectivity index (χ1v) is 16.4. The van der Waals surface area contributed by atoms with Crippen molar-refractivity contribution in [3.8, 4) is 44.7 Å². The minimum atomic E-state index is 0.844. The van der Waals surface area contributed by atoms with Crippen molar-refractivity contribution >= 4 is 54.5 Å². The molecule has 0 aliphatic carbocycles. The molecule has 2 aromatic heterocycles. The van der Waals surface area contributed by atoms with E-state index in [2.05, 4.69) is 152 Å². The summed E-state index contributed by atoms with van der Waals surface area (Å²) in [4.78, 5) is 0. The maximum atomic E-state index is 7.05. The molecule has 0 saturated carbocycles. The summed E-state index contributed by atoms with van der Waals surface area (Å²) in [6, 6.07) is 60.1. The maximum Gasteiger partial charge on any atom is 0.144 e. The summed E-state index contributed by atoms with van der Waals surface area (Å²) in [5.74, 6) is 0.868. The van der Waals surface area contributed by atoms with Crippen molar-refractivity contribution in [3.05, 3.63) is 170 Å². The molecule has 0 unspecified atom stereocenters. The van der Waals surface area contributed by atoms with Crippen molar-refractivity contribution in [2.24, 2.45) is 0 Å². The van der Waals surface area contributed by atoms with Crippen LogP contribution in [0.1, 0.15) is 0 Å². The Labute approximate surface area is 277 Å². The van der Waals surface area contributed by atoms with Crippen molar-refractivity contribution in [1.82, 2.24) is 0 Å². The lowest BCUT2D eigenvalue weighted by atomic mass is 9.85. The Morgan fingerprint density at radius 2 is 0.688 bits per heavy atom. The van der Waals surface area contributed by atoms with E-state index in [4.69, 9.17) is 8.83 Å². The summed E-state index contributed by atoms with van der Waals surface area (Å²) >= 11 is 0. The van der Waals surface area contributed by atoms with Crippen LogP contribution in [0.25, 0.3) is 99.2 Å². The van der Waals surface area contributed by atoms with E-state index in [-0.39, 0.29) is 0 Å². The first-order valence-electron chi connectivity index (χ1n) is 16.4. The van der Waals surface area contributed by atoms with E-state index in [1.165, 1.54) is 33.0 Å². The van der Waals surface area contributed by atoms with Gasteiger partial charge in [-0.2, -0.15) is 0 Å². The van der Waals surface area contributed by atoms with E-state index in [0.29, 0.717) is 0 Å². The van der Waals surface area contributed by atoms with Crippen LogP contribution < -0.4 is 0 Å². The summed E-state index contributed by atoms with van der Waals surface area (Å²) < 4.78 is 13.4. The van der Waals surface area contributed by atoms with Gasteiger partial charge in [0.05, 0.1) is 0 Å². The third-order valence-electron chi connectivity index (χ3n) is 9.70. The van der Waals surface area contributed by atoms with E-state index in [9.17, 15) is 0 Å². The third-order valence-corrected chi connectivity index (χ3v) is 9.70. The summed E-state index contributed by atoms with van der Waals surface area (Å²) in [5, 5.41) is 7.94. The zero-order valence-corrected chi connectivity index (χ0v) is 26.0. The molecule has 0 spiro atoms. The molecule has 0 aliphatic rings. The minimum absolute atomic E-state index is 0.844. The fraction of sp³-hybridized carbons (Fsp3) is 0. The average Bonchev–Trinajstić information content (AvgIpc) is 3.73. The van der Waals surface area contributed by atoms with Crippen LogP contribution in [0.4, 0.5) is 0 Å². The lowest BCUT2D eigenvalue weighted by molar-refractivity contribution is 0.633. The van der Waals surface area contributed by atoms with Gasteiger partial charge in [0.2, 0.25) is 0 Å². The Morgan fingerprint density at radius 3 is 1.31 bits per heavy atom. The van der Waals surface area contributed by atoms with E-state index < -0.39 is 0 Å². The molecule has 0 saturated heterocycles. The Kier molecular flexibility index (Phi) is 5.91. The Balaban J connectivity index is 1.32. The molecule has 0 radical (unpaired) electrons. The maximum absolute atomic E-state index is 7.05. The van der Waals surface area contributed by atoms with Gasteiger partial charge >= 0.3 is 0 Å². The molecule has 0 aliphatic heterocycles. The third kappa shape index (κ3) is 4.00. The minimum Gasteiger partial charge on any atom is -0.456 e. The van der Waals surface area contributed by atoms with Crippen LogP contribution in [-0.2, 0) is 0 Å². The van der Waals surface area contributed by atoms with Crippen molar-refractivity contribution in [2.75, 3.05) is 0 Å². The monoisotopic (exact) mass is 612 g/mol. The normalized spacial score (nSPS) is 11.8. The number of hydrogen-bond donors (Lipinski definition) is 0. The number of furan rings is 2. The number of benzene rings is 8. The van der Waals surface area contributed by atoms with Crippen molar-refractivity contribution in [2.45, 2.75) is 0 Å². The SMILES string of the molecule is c1ccc(-c2ccc(-c3c4ccccc4c(-c4oc5ccc6oc7ccccc7c6c5c4-c4ccccc4)c4ccccc34)cc2)cc1. The molecule has 10 aromatic rings. The highest BCUT2D eigenvalue weighted by Crippen LogP contribution is 2.51. The van der Waals surface area contributed by atoms with E-state index in [1.807, 2.05) is 18.2 Å². The van der Waals surface area contributed by atoms with E-state index in [0.717, 1.165) is 66.1 Å². The molecular formula is C46H28O2. The van der Waals surface area contributed by atoms with Gasteiger partial charge in [-0.15, -0.1) is 0 Å². The molecule has 0 atom stereocenters. The molecule has 2 heterocycles. The van der Waals surface area contributed by atoms with Gasteiger partial charge in [-0.3, -0.25) is 0 Å². The summed E-state index contributed by atoms with van der Waals surface area (Å²) in [6.45, 7) is 0. The van der Waals surface area contributed by atoms with Gasteiger partial charge in [-0.25, -0.2) is 0 Å². The van der Waals surface area contributed by atoms with Crippen LogP contribution in [0.2, 0.25) is 0 Å². The fourth-order valence-corrected chi connectivity index (χ4v) is 7.61. The van der Waals surface area contributed by atoms with Crippen molar-refractivity contribution in [1.29, 1.82) is 0 Å². The van der Waals surface area contributed by atoms with Gasteiger partial charge in [-0.05, 0) is 67.6 Å². The van der Waals surface area contributed by atoms with Crippen LogP contribution >= 0.6 is 0 Å². The molecule has 0 fully saturated rings. The van der Waals surface area contributed by atoms with Gasteiger partial charge in [-0.1, -0.05) is 152 Å². The van der Waals surface area contributed by atoms with Gasteiger partial charge in [0.25, 0.3) is 0 Å².